The van der Waals surface area contributed by atoms with Crippen molar-refractivity contribution >= 4 is 46.6 Å². The fourth-order valence-corrected chi connectivity index (χ4v) is 2.92. The summed E-state index contributed by atoms with van der Waals surface area (Å²) in [5.74, 6) is -1.82. The Balaban J connectivity index is 1.42. The van der Waals surface area contributed by atoms with Crippen LogP contribution < -0.4 is 15.4 Å². The Hall–Kier alpha value is -2.88. The van der Waals surface area contributed by atoms with Crippen molar-refractivity contribution in [1.82, 2.24) is 20.8 Å². The van der Waals surface area contributed by atoms with Crippen molar-refractivity contribution in [3.63, 3.8) is 0 Å². The van der Waals surface area contributed by atoms with Crippen molar-refractivity contribution in [3.8, 4) is 17.1 Å². The number of hydrogen-bond donors (Lipinski definition) is 2. The van der Waals surface area contributed by atoms with Gasteiger partial charge in [-0.2, -0.15) is 4.98 Å². The number of nitrogens with zero attached hydrogens (tertiary/aromatic N) is 2. The fraction of sp³-hybridized carbons (Fsp3) is 0.158. The predicted octanol–water partition coefficient (Wildman–Crippen LogP) is 3.76. The third-order valence-corrected chi connectivity index (χ3v) is 4.82. The molecule has 3 aromatic rings. The summed E-state index contributed by atoms with van der Waals surface area (Å²) < 4.78 is 23.9. The Labute approximate surface area is 190 Å². The second-order valence-corrected chi connectivity index (χ2v) is 7.22. The Bertz CT molecular complexity index is 1110. The summed E-state index contributed by atoms with van der Waals surface area (Å²) in [5.41, 5.74) is 0.111. The molecule has 0 saturated heterocycles. The summed E-state index contributed by atoms with van der Waals surface area (Å²) in [7, 11) is 0. The zero-order chi connectivity index (χ0) is 22.4. The molecule has 2 N–H and O–H groups in total. The first kappa shape index (κ1) is 22.8. The van der Waals surface area contributed by atoms with Crippen molar-refractivity contribution in [2.24, 2.45) is 0 Å². The molecule has 0 fully saturated rings. The minimum atomic E-state index is -0.664. The van der Waals surface area contributed by atoms with Gasteiger partial charge in [0.15, 0.2) is 6.61 Å². The first-order valence-electron chi connectivity index (χ1n) is 8.76. The van der Waals surface area contributed by atoms with Gasteiger partial charge in [0.1, 0.15) is 11.6 Å². The molecule has 0 radical (unpaired) electrons. The zero-order valence-corrected chi connectivity index (χ0v) is 17.9. The topological polar surface area (TPSA) is 106 Å². The van der Waals surface area contributed by atoms with Gasteiger partial charge in [-0.15, -0.1) is 0 Å². The van der Waals surface area contributed by atoms with Crippen LogP contribution in [0.2, 0.25) is 15.1 Å². The van der Waals surface area contributed by atoms with Gasteiger partial charge in [0, 0.05) is 19.2 Å². The average molecular weight is 488 g/mol. The highest BCUT2D eigenvalue weighted by Crippen LogP contribution is 2.33. The smallest absolute Gasteiger partial charge is 0.316 e. The largest absolute Gasteiger partial charge is 0.482 e. The highest BCUT2D eigenvalue weighted by molar-refractivity contribution is 6.43. The number of rotatable bonds is 8. The van der Waals surface area contributed by atoms with E-state index in [1.807, 2.05) is 0 Å². The van der Waals surface area contributed by atoms with Crippen molar-refractivity contribution in [2.75, 3.05) is 19.7 Å². The number of amides is 2. The summed E-state index contributed by atoms with van der Waals surface area (Å²) in [4.78, 5) is 27.8. The molecule has 3 rings (SSSR count). The van der Waals surface area contributed by atoms with Crippen molar-refractivity contribution in [1.29, 1.82) is 0 Å². The molecule has 0 unspecified atom stereocenters. The lowest BCUT2D eigenvalue weighted by atomic mass is 10.2. The maximum Gasteiger partial charge on any atom is 0.316 e. The minimum Gasteiger partial charge on any atom is -0.482 e. The summed E-state index contributed by atoms with van der Waals surface area (Å²) in [6.45, 7) is -0.131. The fourth-order valence-electron chi connectivity index (χ4n) is 2.33. The maximum absolute atomic E-state index is 13.7. The van der Waals surface area contributed by atoms with E-state index < -0.39 is 17.6 Å². The molecule has 0 spiro atoms. The molecular formula is C19H14Cl3FN4O4. The summed E-state index contributed by atoms with van der Waals surface area (Å²) in [6, 6.07) is 8.64. The van der Waals surface area contributed by atoms with Gasteiger partial charge in [0.25, 0.3) is 5.91 Å². The van der Waals surface area contributed by atoms with Crippen LogP contribution in [-0.2, 0) is 4.79 Å². The number of ether oxygens (including phenoxy) is 1. The van der Waals surface area contributed by atoms with Crippen molar-refractivity contribution in [2.45, 2.75) is 0 Å². The Morgan fingerprint density at radius 3 is 2.52 bits per heavy atom. The quantitative estimate of drug-likeness (QED) is 0.370. The van der Waals surface area contributed by atoms with Gasteiger partial charge in [0.05, 0.1) is 20.6 Å². The highest BCUT2D eigenvalue weighted by atomic mass is 35.5. The van der Waals surface area contributed by atoms with E-state index in [4.69, 9.17) is 44.1 Å². The Morgan fingerprint density at radius 1 is 1.03 bits per heavy atom. The Kier molecular flexibility index (Phi) is 7.67. The third kappa shape index (κ3) is 6.06. The van der Waals surface area contributed by atoms with E-state index in [-0.39, 0.29) is 57.8 Å². The van der Waals surface area contributed by atoms with Gasteiger partial charge in [0.2, 0.25) is 5.82 Å². The molecule has 2 aromatic carbocycles. The molecule has 0 bridgehead atoms. The molecule has 0 aliphatic heterocycles. The number of halogens is 4. The Morgan fingerprint density at radius 2 is 1.74 bits per heavy atom. The molecule has 12 heteroatoms. The zero-order valence-electron chi connectivity index (χ0n) is 15.6. The molecule has 1 aromatic heterocycles. The van der Waals surface area contributed by atoms with E-state index in [9.17, 15) is 14.0 Å². The van der Waals surface area contributed by atoms with E-state index in [1.54, 1.807) is 6.07 Å². The van der Waals surface area contributed by atoms with E-state index in [0.717, 1.165) is 0 Å². The van der Waals surface area contributed by atoms with Crippen LogP contribution in [0.1, 0.15) is 10.7 Å². The van der Waals surface area contributed by atoms with Gasteiger partial charge < -0.3 is 19.9 Å². The van der Waals surface area contributed by atoms with Crippen LogP contribution in [0.15, 0.2) is 40.9 Å². The molecule has 2 amide bonds. The van der Waals surface area contributed by atoms with Gasteiger partial charge in [-0.1, -0.05) is 52.1 Å². The van der Waals surface area contributed by atoms with Crippen molar-refractivity contribution < 1.29 is 23.2 Å². The number of carbonyl (C=O) groups excluding carboxylic acids is 2. The third-order valence-electron chi connectivity index (χ3n) is 3.80. The van der Waals surface area contributed by atoms with Crippen LogP contribution in [0.3, 0.4) is 0 Å². The van der Waals surface area contributed by atoms with Gasteiger partial charge in [-0.3, -0.25) is 9.59 Å². The average Bonchev–Trinajstić information content (AvgIpc) is 3.23. The molecular weight excluding hydrogens is 474 g/mol. The molecule has 31 heavy (non-hydrogen) atoms. The van der Waals surface area contributed by atoms with E-state index in [2.05, 4.69) is 20.8 Å². The first-order valence-corrected chi connectivity index (χ1v) is 9.89. The van der Waals surface area contributed by atoms with E-state index >= 15 is 0 Å². The van der Waals surface area contributed by atoms with Crippen LogP contribution in [0.5, 0.6) is 5.75 Å². The number of benzene rings is 2. The number of hydrogen-bond acceptors (Lipinski definition) is 6. The maximum atomic E-state index is 13.7. The second kappa shape index (κ2) is 10.4. The first-order chi connectivity index (χ1) is 14.8. The molecule has 162 valence electrons. The van der Waals surface area contributed by atoms with Crippen LogP contribution in [-0.4, -0.2) is 41.7 Å². The standard InChI is InChI=1S/C19H14Cl3FN4O4/c20-11-7-13(22)15(8-12(11)21)30-9-16(28)24-5-6-25-18(29)19-26-17(27-31-19)10-3-1-2-4-14(10)23/h1-4,7-8H,5-6,9H2,(H,24,28)(H,25,29). The van der Waals surface area contributed by atoms with Crippen LogP contribution >= 0.6 is 34.8 Å². The van der Waals surface area contributed by atoms with Gasteiger partial charge in [-0.05, 0) is 18.2 Å². The van der Waals surface area contributed by atoms with E-state index in [0.29, 0.717) is 0 Å². The molecule has 0 aliphatic rings. The van der Waals surface area contributed by atoms with Crippen LogP contribution in [0.4, 0.5) is 4.39 Å². The van der Waals surface area contributed by atoms with Gasteiger partial charge in [-0.25, -0.2) is 4.39 Å². The number of aromatic nitrogens is 2. The normalized spacial score (nSPS) is 10.6. The van der Waals surface area contributed by atoms with Crippen LogP contribution in [0.25, 0.3) is 11.4 Å². The number of nitrogens with one attached hydrogen (secondary N) is 2. The molecule has 0 aliphatic carbocycles. The summed E-state index contributed by atoms with van der Waals surface area (Å²) in [5, 5.41) is 9.35. The highest BCUT2D eigenvalue weighted by Gasteiger charge is 2.17. The van der Waals surface area contributed by atoms with E-state index in [1.165, 1.54) is 30.3 Å². The van der Waals surface area contributed by atoms with Gasteiger partial charge >= 0.3 is 11.8 Å². The summed E-state index contributed by atoms with van der Waals surface area (Å²) >= 11 is 17.7. The molecule has 0 atom stereocenters. The SMILES string of the molecule is O=C(COc1cc(Cl)c(Cl)cc1Cl)NCCNC(=O)c1nc(-c2ccccc2F)no1. The van der Waals surface area contributed by atoms with Crippen molar-refractivity contribution in [3.05, 3.63) is 63.2 Å². The molecule has 8 nitrogen and oxygen atoms in total. The molecule has 0 saturated carbocycles. The molecule has 1 heterocycles. The van der Waals surface area contributed by atoms with Crippen LogP contribution in [0, 0.1) is 5.82 Å². The lowest BCUT2D eigenvalue weighted by Gasteiger charge is -2.10. The number of carbonyl (C=O) groups is 2. The lowest BCUT2D eigenvalue weighted by molar-refractivity contribution is -0.123. The minimum absolute atomic E-state index is 0.0466. The lowest BCUT2D eigenvalue weighted by Crippen LogP contribution is -2.36. The second-order valence-electron chi connectivity index (χ2n) is 5.99. The predicted molar refractivity (Wildman–Crippen MR) is 112 cm³/mol. The summed E-state index contributed by atoms with van der Waals surface area (Å²) in [6.07, 6.45) is 0. The monoisotopic (exact) mass is 486 g/mol.